The summed E-state index contributed by atoms with van der Waals surface area (Å²) in [6, 6.07) is 15.7. The van der Waals surface area contributed by atoms with Crippen molar-refractivity contribution in [1.29, 1.82) is 0 Å². The van der Waals surface area contributed by atoms with Gasteiger partial charge < -0.3 is 9.84 Å². The molecule has 3 aromatic rings. The first-order chi connectivity index (χ1) is 13.2. The Morgan fingerprint density at radius 3 is 2.81 bits per heavy atom. The van der Waals surface area contributed by atoms with Crippen LogP contribution in [-0.4, -0.2) is 34.0 Å². The van der Waals surface area contributed by atoms with E-state index in [2.05, 4.69) is 27.6 Å². The first-order valence-electron chi connectivity index (χ1n) is 8.57. The number of rotatable bonds is 7. The van der Waals surface area contributed by atoms with Gasteiger partial charge in [0.25, 0.3) is 5.91 Å². The quantitative estimate of drug-likeness (QED) is 0.442. The molecule has 0 aliphatic heterocycles. The van der Waals surface area contributed by atoms with Crippen LogP contribution < -0.4 is 10.2 Å². The molecule has 3 N–H and O–H groups in total. The number of nitrogens with one attached hydrogen (secondary N) is 2. The Kier molecular flexibility index (Phi) is 5.84. The van der Waals surface area contributed by atoms with Gasteiger partial charge in [-0.2, -0.15) is 10.2 Å². The van der Waals surface area contributed by atoms with Crippen molar-refractivity contribution in [3.63, 3.8) is 0 Å². The number of phenols is 1. The predicted octanol–water partition coefficient (Wildman–Crippen LogP) is 3.34. The molecule has 0 saturated heterocycles. The second kappa shape index (κ2) is 8.66. The molecule has 0 radical (unpaired) electrons. The first kappa shape index (κ1) is 18.2. The van der Waals surface area contributed by atoms with Gasteiger partial charge in [0, 0.05) is 5.56 Å². The second-order valence-electron chi connectivity index (χ2n) is 5.83. The van der Waals surface area contributed by atoms with Crippen molar-refractivity contribution in [2.24, 2.45) is 5.10 Å². The monoisotopic (exact) mass is 364 g/mol. The molecule has 0 atom stereocenters. The summed E-state index contributed by atoms with van der Waals surface area (Å²) in [6.45, 7) is 2.73. The minimum atomic E-state index is -0.409. The number of aromatic nitrogens is 2. The number of aromatic hydroxyl groups is 1. The third-order valence-electron chi connectivity index (χ3n) is 3.70. The summed E-state index contributed by atoms with van der Waals surface area (Å²) in [4.78, 5) is 12.2. The molecule has 0 bridgehead atoms. The zero-order chi connectivity index (χ0) is 19.1. The van der Waals surface area contributed by atoms with E-state index in [1.807, 2.05) is 24.3 Å². The van der Waals surface area contributed by atoms with Crippen LogP contribution in [-0.2, 0) is 0 Å². The normalized spacial score (nSPS) is 10.9. The van der Waals surface area contributed by atoms with Gasteiger partial charge in [0.05, 0.1) is 18.5 Å². The number of hydrazone groups is 1. The Labute approximate surface area is 156 Å². The maximum absolute atomic E-state index is 12.2. The predicted molar refractivity (Wildman–Crippen MR) is 103 cm³/mol. The van der Waals surface area contributed by atoms with Gasteiger partial charge in [-0.3, -0.25) is 9.89 Å². The van der Waals surface area contributed by atoms with Gasteiger partial charge in [-0.1, -0.05) is 19.1 Å². The van der Waals surface area contributed by atoms with E-state index in [0.29, 0.717) is 23.6 Å². The molecule has 2 aromatic carbocycles. The van der Waals surface area contributed by atoms with E-state index in [-0.39, 0.29) is 5.75 Å². The minimum Gasteiger partial charge on any atom is -0.508 e. The van der Waals surface area contributed by atoms with Gasteiger partial charge in [0.2, 0.25) is 0 Å². The van der Waals surface area contributed by atoms with Crippen LogP contribution in [0.25, 0.3) is 11.3 Å². The zero-order valence-corrected chi connectivity index (χ0v) is 14.8. The van der Waals surface area contributed by atoms with Gasteiger partial charge in [-0.15, -0.1) is 0 Å². The van der Waals surface area contributed by atoms with Crippen molar-refractivity contribution in [2.75, 3.05) is 6.61 Å². The number of carbonyl (C=O) groups is 1. The lowest BCUT2D eigenvalue weighted by molar-refractivity contribution is 0.0950. The molecule has 7 nitrogen and oxygen atoms in total. The standard InChI is InChI=1S/C20H20N4O3/c1-2-10-27-17-8-6-15(7-9-17)18-12-19(23-22-18)20(26)24-21-13-14-4-3-5-16(25)11-14/h3-9,11-13,25H,2,10H2,1H3,(H,22,23)(H,24,26)/b21-13-. The molecule has 0 spiro atoms. The van der Waals surface area contributed by atoms with E-state index in [1.54, 1.807) is 24.3 Å². The fourth-order valence-corrected chi connectivity index (χ4v) is 2.36. The van der Waals surface area contributed by atoms with E-state index in [0.717, 1.165) is 17.7 Å². The van der Waals surface area contributed by atoms with Crippen LogP contribution in [0.5, 0.6) is 11.5 Å². The lowest BCUT2D eigenvalue weighted by Gasteiger charge is -2.04. The molecule has 7 heteroatoms. The molecule has 0 aliphatic carbocycles. The zero-order valence-electron chi connectivity index (χ0n) is 14.8. The molecular formula is C20H20N4O3. The molecule has 0 fully saturated rings. The molecule has 1 aromatic heterocycles. The van der Waals surface area contributed by atoms with Gasteiger partial charge in [0.15, 0.2) is 0 Å². The summed E-state index contributed by atoms with van der Waals surface area (Å²) in [7, 11) is 0. The molecule has 1 amide bonds. The smallest absolute Gasteiger partial charge is 0.289 e. The van der Waals surface area contributed by atoms with Gasteiger partial charge >= 0.3 is 0 Å². The maximum atomic E-state index is 12.2. The average Bonchev–Trinajstić information content (AvgIpc) is 3.17. The van der Waals surface area contributed by atoms with Crippen LogP contribution in [0.2, 0.25) is 0 Å². The number of hydrogen-bond donors (Lipinski definition) is 3. The number of carbonyl (C=O) groups excluding carboxylic acids is 1. The van der Waals surface area contributed by atoms with Crippen molar-refractivity contribution in [3.8, 4) is 22.8 Å². The van der Waals surface area contributed by atoms with E-state index in [9.17, 15) is 9.90 Å². The molecule has 3 rings (SSSR count). The molecule has 0 unspecified atom stereocenters. The average molecular weight is 364 g/mol. The summed E-state index contributed by atoms with van der Waals surface area (Å²) in [5, 5.41) is 20.2. The van der Waals surface area contributed by atoms with Crippen LogP contribution in [0.15, 0.2) is 59.7 Å². The number of phenolic OH excluding ortho intramolecular Hbond substituents is 1. The summed E-state index contributed by atoms with van der Waals surface area (Å²) >= 11 is 0. The van der Waals surface area contributed by atoms with E-state index in [4.69, 9.17) is 4.74 Å². The molecular weight excluding hydrogens is 344 g/mol. The number of ether oxygens (including phenoxy) is 1. The van der Waals surface area contributed by atoms with Crippen molar-refractivity contribution in [3.05, 3.63) is 65.9 Å². The number of amides is 1. The van der Waals surface area contributed by atoms with Crippen LogP contribution in [0.3, 0.4) is 0 Å². The van der Waals surface area contributed by atoms with Crippen molar-refractivity contribution < 1.29 is 14.6 Å². The lowest BCUT2D eigenvalue weighted by Crippen LogP contribution is -2.17. The van der Waals surface area contributed by atoms with Gasteiger partial charge in [0.1, 0.15) is 17.2 Å². The Hall–Kier alpha value is -3.61. The molecule has 0 aliphatic rings. The summed E-state index contributed by atoms with van der Waals surface area (Å²) in [5.41, 5.74) is 4.91. The van der Waals surface area contributed by atoms with E-state index < -0.39 is 5.91 Å². The van der Waals surface area contributed by atoms with Gasteiger partial charge in [-0.05, 0) is 54.4 Å². The summed E-state index contributed by atoms with van der Waals surface area (Å²) in [6.07, 6.45) is 2.40. The highest BCUT2D eigenvalue weighted by atomic mass is 16.5. The fourth-order valence-electron chi connectivity index (χ4n) is 2.36. The van der Waals surface area contributed by atoms with Crippen LogP contribution in [0.1, 0.15) is 29.4 Å². The molecule has 27 heavy (non-hydrogen) atoms. The number of nitrogens with zero attached hydrogens (tertiary/aromatic N) is 2. The fraction of sp³-hybridized carbons (Fsp3) is 0.150. The second-order valence-corrected chi connectivity index (χ2v) is 5.83. The Bertz CT molecular complexity index is 932. The third-order valence-corrected chi connectivity index (χ3v) is 3.70. The van der Waals surface area contributed by atoms with Crippen molar-refractivity contribution >= 4 is 12.1 Å². The topological polar surface area (TPSA) is 99.6 Å². The van der Waals surface area contributed by atoms with Crippen LogP contribution in [0, 0.1) is 0 Å². The van der Waals surface area contributed by atoms with Crippen molar-refractivity contribution in [2.45, 2.75) is 13.3 Å². The highest BCUT2D eigenvalue weighted by molar-refractivity contribution is 5.94. The molecule has 1 heterocycles. The van der Waals surface area contributed by atoms with Gasteiger partial charge in [-0.25, -0.2) is 5.43 Å². The highest BCUT2D eigenvalue weighted by Gasteiger charge is 2.10. The Morgan fingerprint density at radius 2 is 2.07 bits per heavy atom. The number of H-pyrrole nitrogens is 1. The number of aromatic amines is 1. The number of benzene rings is 2. The third kappa shape index (κ3) is 4.94. The summed E-state index contributed by atoms with van der Waals surface area (Å²) in [5.74, 6) is 0.526. The molecule has 138 valence electrons. The van der Waals surface area contributed by atoms with E-state index in [1.165, 1.54) is 12.3 Å². The SMILES string of the molecule is CCCOc1ccc(-c2cc(C(=O)N/N=C\c3cccc(O)c3)[nH]n2)cc1. The first-order valence-corrected chi connectivity index (χ1v) is 8.57. The van der Waals surface area contributed by atoms with Crippen LogP contribution >= 0.6 is 0 Å². The van der Waals surface area contributed by atoms with Crippen LogP contribution in [0.4, 0.5) is 0 Å². The van der Waals surface area contributed by atoms with Crippen molar-refractivity contribution in [1.82, 2.24) is 15.6 Å². The Balaban J connectivity index is 1.62. The summed E-state index contributed by atoms with van der Waals surface area (Å²) < 4.78 is 5.55. The van der Waals surface area contributed by atoms with E-state index >= 15 is 0 Å². The lowest BCUT2D eigenvalue weighted by atomic mass is 10.1. The Morgan fingerprint density at radius 1 is 1.26 bits per heavy atom. The molecule has 0 saturated carbocycles. The maximum Gasteiger partial charge on any atom is 0.289 e. The minimum absolute atomic E-state index is 0.134. The largest absolute Gasteiger partial charge is 0.508 e. The number of hydrogen-bond acceptors (Lipinski definition) is 5. The highest BCUT2D eigenvalue weighted by Crippen LogP contribution is 2.21.